The Kier molecular flexibility index (Phi) is 8.02. The fourth-order valence-corrected chi connectivity index (χ4v) is 4.45. The molecule has 3 unspecified atom stereocenters. The molecule has 6 heteroatoms. The molecule has 3 atom stereocenters. The van der Waals surface area contributed by atoms with Crippen LogP contribution in [-0.2, 0) is 9.47 Å². The monoisotopic (exact) mass is 366 g/mol. The molecule has 3 aliphatic heterocycles. The van der Waals surface area contributed by atoms with Gasteiger partial charge in [-0.2, -0.15) is 0 Å². The Bertz CT molecular complexity index is 440. The molecule has 3 rings (SSSR count). The number of piperidine rings is 1. The van der Waals surface area contributed by atoms with Crippen LogP contribution in [0.4, 0.5) is 0 Å². The van der Waals surface area contributed by atoms with Gasteiger partial charge in [-0.15, -0.1) is 0 Å². The largest absolute Gasteiger partial charge is 0.375 e. The number of rotatable bonds is 6. The topological polar surface area (TPSA) is 49.3 Å². The Morgan fingerprint density at radius 2 is 1.92 bits per heavy atom. The zero-order valence-corrected chi connectivity index (χ0v) is 16.8. The Balaban J connectivity index is 1.34. The summed E-state index contributed by atoms with van der Waals surface area (Å²) in [6, 6.07) is 0.771. The van der Waals surface area contributed by atoms with Crippen LogP contribution >= 0.6 is 0 Å². The first-order valence-corrected chi connectivity index (χ1v) is 10.7. The average molecular weight is 367 g/mol. The third kappa shape index (κ3) is 5.57. The second-order valence-corrected chi connectivity index (χ2v) is 7.97. The molecule has 1 N–H and O–H groups in total. The molecule has 3 heterocycles. The highest BCUT2D eigenvalue weighted by molar-refractivity contribution is 5.80. The molecular weight excluding hydrogens is 328 g/mol. The van der Waals surface area contributed by atoms with Gasteiger partial charge in [-0.05, 0) is 58.5 Å². The summed E-state index contributed by atoms with van der Waals surface area (Å²) in [4.78, 5) is 9.49. The molecule has 0 radical (unpaired) electrons. The molecule has 0 saturated carbocycles. The van der Waals surface area contributed by atoms with Crippen LogP contribution in [0, 0.1) is 0 Å². The Morgan fingerprint density at radius 3 is 2.69 bits per heavy atom. The van der Waals surface area contributed by atoms with Gasteiger partial charge in [0.15, 0.2) is 5.96 Å². The number of hydrogen-bond donors (Lipinski definition) is 1. The summed E-state index contributed by atoms with van der Waals surface area (Å²) < 4.78 is 11.8. The fraction of sp³-hybridized carbons (Fsp3) is 0.950. The first kappa shape index (κ1) is 19.9. The van der Waals surface area contributed by atoms with Crippen molar-refractivity contribution in [2.24, 2.45) is 4.99 Å². The molecule has 150 valence electrons. The first-order valence-electron chi connectivity index (χ1n) is 10.7. The Morgan fingerprint density at radius 1 is 1.04 bits per heavy atom. The van der Waals surface area contributed by atoms with Crippen LogP contribution in [-0.4, -0.2) is 87.0 Å². The molecule has 6 nitrogen and oxygen atoms in total. The van der Waals surface area contributed by atoms with E-state index < -0.39 is 0 Å². The van der Waals surface area contributed by atoms with Gasteiger partial charge in [0.05, 0.1) is 12.7 Å². The molecule has 3 aliphatic rings. The van der Waals surface area contributed by atoms with Crippen molar-refractivity contribution in [2.75, 3.05) is 53.0 Å². The van der Waals surface area contributed by atoms with Crippen molar-refractivity contribution < 1.29 is 9.47 Å². The van der Waals surface area contributed by atoms with E-state index in [1.54, 1.807) is 0 Å². The number of nitrogens with zero attached hydrogens (tertiary/aromatic N) is 3. The van der Waals surface area contributed by atoms with E-state index in [2.05, 4.69) is 27.0 Å². The lowest BCUT2D eigenvalue weighted by Gasteiger charge is -2.37. The van der Waals surface area contributed by atoms with Gasteiger partial charge >= 0.3 is 0 Å². The Labute approximate surface area is 159 Å². The van der Waals surface area contributed by atoms with E-state index in [-0.39, 0.29) is 12.2 Å². The van der Waals surface area contributed by atoms with Gasteiger partial charge in [-0.25, -0.2) is 0 Å². The highest BCUT2D eigenvalue weighted by Crippen LogP contribution is 2.21. The summed E-state index contributed by atoms with van der Waals surface area (Å²) >= 11 is 0. The molecule has 26 heavy (non-hydrogen) atoms. The smallest absolute Gasteiger partial charge is 0.193 e. The Hall–Kier alpha value is -0.850. The standard InChI is InChI=1S/C20H38N4O2/c1-17-8-3-5-11-23(17)12-6-4-10-22-20(21-2)24-13-15-26-19(16-24)18-9-7-14-25-18/h17-19H,3-16H2,1-2H3,(H,21,22). The molecule has 0 spiro atoms. The predicted octanol–water partition coefficient (Wildman–Crippen LogP) is 2.10. The van der Waals surface area contributed by atoms with Crippen molar-refractivity contribution >= 4 is 5.96 Å². The summed E-state index contributed by atoms with van der Waals surface area (Å²) in [5, 5.41) is 3.56. The molecule has 0 aromatic rings. The molecular formula is C20H38N4O2. The lowest BCUT2D eigenvalue weighted by atomic mass is 10.0. The molecule has 0 aromatic heterocycles. The minimum atomic E-state index is 0.186. The van der Waals surface area contributed by atoms with Crippen molar-refractivity contribution in [3.05, 3.63) is 0 Å². The number of unbranched alkanes of at least 4 members (excludes halogenated alkanes) is 1. The number of aliphatic imine (C=N–C) groups is 1. The van der Waals surface area contributed by atoms with Crippen molar-refractivity contribution in [3.8, 4) is 0 Å². The number of nitrogens with one attached hydrogen (secondary N) is 1. The van der Waals surface area contributed by atoms with Crippen LogP contribution in [0.5, 0.6) is 0 Å². The van der Waals surface area contributed by atoms with Gasteiger partial charge in [-0.1, -0.05) is 6.42 Å². The quantitative estimate of drug-likeness (QED) is 0.443. The zero-order chi connectivity index (χ0) is 18.2. The number of likely N-dealkylation sites (tertiary alicyclic amines) is 1. The van der Waals surface area contributed by atoms with Crippen molar-refractivity contribution in [2.45, 2.75) is 70.1 Å². The normalized spacial score (nSPS) is 31.4. The average Bonchev–Trinajstić information content (AvgIpc) is 3.21. The van der Waals surface area contributed by atoms with Crippen molar-refractivity contribution in [1.82, 2.24) is 15.1 Å². The van der Waals surface area contributed by atoms with E-state index in [4.69, 9.17) is 9.47 Å². The number of guanidine groups is 1. The molecule has 0 bridgehead atoms. The minimum absolute atomic E-state index is 0.186. The van der Waals surface area contributed by atoms with Gasteiger partial charge in [0.1, 0.15) is 6.10 Å². The van der Waals surface area contributed by atoms with Crippen LogP contribution in [0.3, 0.4) is 0 Å². The maximum absolute atomic E-state index is 5.95. The third-order valence-corrected chi connectivity index (χ3v) is 6.08. The second-order valence-electron chi connectivity index (χ2n) is 7.97. The molecule has 3 fully saturated rings. The summed E-state index contributed by atoms with van der Waals surface area (Å²) in [7, 11) is 1.88. The molecule has 3 saturated heterocycles. The van der Waals surface area contributed by atoms with Crippen LogP contribution in [0.1, 0.15) is 51.9 Å². The molecule has 0 aliphatic carbocycles. The SMILES string of the molecule is CN=C(NCCCCN1CCCCC1C)N1CCOC(C2CCCO2)C1. The van der Waals surface area contributed by atoms with Gasteiger partial charge in [0, 0.05) is 39.3 Å². The van der Waals surface area contributed by atoms with Gasteiger partial charge in [0.2, 0.25) is 0 Å². The summed E-state index contributed by atoms with van der Waals surface area (Å²) in [5.74, 6) is 1.02. The van der Waals surface area contributed by atoms with Gasteiger partial charge in [-0.3, -0.25) is 4.99 Å². The maximum Gasteiger partial charge on any atom is 0.193 e. The fourth-order valence-electron chi connectivity index (χ4n) is 4.45. The van der Waals surface area contributed by atoms with Crippen LogP contribution < -0.4 is 5.32 Å². The van der Waals surface area contributed by atoms with Gasteiger partial charge < -0.3 is 24.6 Å². The third-order valence-electron chi connectivity index (χ3n) is 6.08. The minimum Gasteiger partial charge on any atom is -0.375 e. The highest BCUT2D eigenvalue weighted by Gasteiger charge is 2.32. The number of hydrogen-bond acceptors (Lipinski definition) is 4. The van der Waals surface area contributed by atoms with Crippen molar-refractivity contribution in [1.29, 1.82) is 0 Å². The summed E-state index contributed by atoms with van der Waals surface area (Å²) in [6.45, 7) is 9.34. The highest BCUT2D eigenvalue weighted by atomic mass is 16.5. The molecule has 0 amide bonds. The predicted molar refractivity (Wildman–Crippen MR) is 106 cm³/mol. The van der Waals surface area contributed by atoms with E-state index in [1.165, 1.54) is 45.2 Å². The molecule has 0 aromatic carbocycles. The van der Waals surface area contributed by atoms with E-state index >= 15 is 0 Å². The van der Waals surface area contributed by atoms with Crippen LogP contribution in [0.15, 0.2) is 4.99 Å². The van der Waals surface area contributed by atoms with Crippen LogP contribution in [0.2, 0.25) is 0 Å². The van der Waals surface area contributed by atoms with Crippen LogP contribution in [0.25, 0.3) is 0 Å². The summed E-state index contributed by atoms with van der Waals surface area (Å²) in [5.41, 5.74) is 0. The van der Waals surface area contributed by atoms with E-state index in [0.717, 1.165) is 57.7 Å². The first-order chi connectivity index (χ1) is 12.8. The lowest BCUT2D eigenvalue weighted by molar-refractivity contribution is -0.0816. The van der Waals surface area contributed by atoms with Crippen molar-refractivity contribution in [3.63, 3.8) is 0 Å². The summed E-state index contributed by atoms with van der Waals surface area (Å²) in [6.07, 6.45) is 9.34. The number of morpholine rings is 1. The second kappa shape index (κ2) is 10.5. The lowest BCUT2D eigenvalue weighted by Crippen LogP contribution is -2.53. The zero-order valence-electron chi connectivity index (χ0n) is 16.8. The van der Waals surface area contributed by atoms with E-state index in [9.17, 15) is 0 Å². The maximum atomic E-state index is 5.95. The number of ether oxygens (including phenoxy) is 2. The van der Waals surface area contributed by atoms with E-state index in [1.807, 2.05) is 7.05 Å². The van der Waals surface area contributed by atoms with E-state index in [0.29, 0.717) is 0 Å². The van der Waals surface area contributed by atoms with Gasteiger partial charge in [0.25, 0.3) is 0 Å².